The SMILES string of the molecule is CCCCCCc1c(CCCCC)cc(C2=C(CCCC)C(CCCC)=C(c3cc(CCCCC)c(CCCCCC)c(CCCCC)c3)[N+]2=[N-])cc1CCCCC.CC[N-]CC.CC[N-]CC.[Ni+2]. The van der Waals surface area contributed by atoms with Gasteiger partial charge in [-0.25, -0.2) is 4.70 Å². The average molecular weight is 996 g/mol. The van der Waals surface area contributed by atoms with Crippen molar-refractivity contribution in [2.24, 2.45) is 0 Å². The summed E-state index contributed by atoms with van der Waals surface area (Å²) in [4.78, 5) is 0. The van der Waals surface area contributed by atoms with E-state index >= 15 is 0 Å². The number of aryl methyl sites for hydroxylation is 4. The van der Waals surface area contributed by atoms with Crippen molar-refractivity contribution in [1.29, 1.82) is 0 Å². The Morgan fingerprint density at radius 3 is 0.797 bits per heavy atom. The molecule has 398 valence electrons. The van der Waals surface area contributed by atoms with E-state index in [4.69, 9.17) is 0 Å². The van der Waals surface area contributed by atoms with Crippen LogP contribution >= 0.6 is 0 Å². The van der Waals surface area contributed by atoms with Crippen molar-refractivity contribution < 1.29 is 21.2 Å². The number of rotatable bonds is 38. The predicted molar refractivity (Wildman–Crippen MR) is 307 cm³/mol. The fourth-order valence-electron chi connectivity index (χ4n) is 10.1. The fraction of sp³-hybridized carbons (Fsp3) is 0.750. The summed E-state index contributed by atoms with van der Waals surface area (Å²) in [5.74, 6) is 0. The summed E-state index contributed by atoms with van der Waals surface area (Å²) in [5.41, 5.74) is 30.1. The molecule has 0 amide bonds. The maximum atomic E-state index is 13.0. The van der Waals surface area contributed by atoms with Crippen LogP contribution in [0.5, 0.6) is 0 Å². The smallest absolute Gasteiger partial charge is 0.663 e. The molecule has 0 unspecified atom stereocenters. The van der Waals surface area contributed by atoms with E-state index in [2.05, 4.69) is 90.3 Å². The minimum atomic E-state index is 0. The van der Waals surface area contributed by atoms with Crippen LogP contribution in [-0.2, 0) is 55.0 Å². The molecule has 69 heavy (non-hydrogen) atoms. The van der Waals surface area contributed by atoms with Crippen molar-refractivity contribution >= 4 is 11.4 Å². The van der Waals surface area contributed by atoms with E-state index in [1.807, 2.05) is 27.7 Å². The second-order valence-corrected chi connectivity index (χ2v) is 19.9. The van der Waals surface area contributed by atoms with Gasteiger partial charge in [-0.15, -0.1) is 0 Å². The molecular weight excluding hydrogens is 883 g/mol. The van der Waals surface area contributed by atoms with E-state index in [0.29, 0.717) is 0 Å². The summed E-state index contributed by atoms with van der Waals surface area (Å²) < 4.78 is 1.74. The Hall–Kier alpha value is -2.07. The van der Waals surface area contributed by atoms with E-state index in [9.17, 15) is 5.53 Å². The van der Waals surface area contributed by atoms with Crippen LogP contribution in [0.15, 0.2) is 35.4 Å². The summed E-state index contributed by atoms with van der Waals surface area (Å²) in [6.07, 6.45) is 39.3. The molecule has 0 aromatic heterocycles. The first-order chi connectivity index (χ1) is 33.3. The second kappa shape index (κ2) is 44.6. The molecule has 1 heterocycles. The van der Waals surface area contributed by atoms with Crippen molar-refractivity contribution in [3.63, 3.8) is 0 Å². The molecule has 2 aromatic rings. The quantitative estimate of drug-likeness (QED) is 0.0366. The molecule has 3 rings (SSSR count). The maximum Gasteiger partial charge on any atom is 2.00 e. The Morgan fingerprint density at radius 2 is 0.565 bits per heavy atom. The Morgan fingerprint density at radius 1 is 0.319 bits per heavy atom. The third kappa shape index (κ3) is 25.9. The Bertz CT molecular complexity index is 1470. The fourth-order valence-corrected chi connectivity index (χ4v) is 10.1. The Balaban J connectivity index is 0.00000379. The molecule has 0 saturated carbocycles. The topological polar surface area (TPSA) is 53.5 Å². The van der Waals surface area contributed by atoms with Crippen molar-refractivity contribution in [2.75, 3.05) is 26.2 Å². The second-order valence-electron chi connectivity index (χ2n) is 19.9. The standard InChI is InChI=1S/C56H92N2.2C4H10N.Ni/c1-9-17-25-31-39-51-45(33-27-19-11-3)41-49(42-46(51)34-28-20-12-4)55-53(37-23-15-7)54(38-24-16-8)56(58(55)57)50-43-47(35-29-21-13-5)52(40-32-26-18-10-2)48(44-50)36-30-22-14-6;2*1-3-5-4-2;/h41-44H,9-40H2,1-8H3;2*3-4H2,1-2H3;/q;2*-1;+2. The number of allylic oxidation sites excluding steroid dienone is 2. The minimum absolute atomic E-state index is 0. The van der Waals surface area contributed by atoms with Crippen LogP contribution in [0.25, 0.3) is 27.6 Å². The van der Waals surface area contributed by atoms with Crippen LogP contribution in [0, 0.1) is 0 Å². The summed E-state index contributed by atoms with van der Waals surface area (Å²) in [6.45, 7) is 30.7. The van der Waals surface area contributed by atoms with E-state index in [-0.39, 0.29) is 16.5 Å². The summed E-state index contributed by atoms with van der Waals surface area (Å²) in [7, 11) is 0. The van der Waals surface area contributed by atoms with Crippen LogP contribution in [0.3, 0.4) is 0 Å². The van der Waals surface area contributed by atoms with Crippen LogP contribution < -0.4 is 0 Å². The Labute approximate surface area is 441 Å². The number of nitrogens with zero attached hydrogens (tertiary/aromatic N) is 4. The van der Waals surface area contributed by atoms with Crippen LogP contribution in [0.4, 0.5) is 0 Å². The first-order valence-electron chi connectivity index (χ1n) is 29.8. The molecule has 0 atom stereocenters. The van der Waals surface area contributed by atoms with Gasteiger partial charge in [0.2, 0.25) is 11.4 Å². The van der Waals surface area contributed by atoms with Gasteiger partial charge in [0.15, 0.2) is 0 Å². The van der Waals surface area contributed by atoms with Gasteiger partial charge in [0.05, 0.1) is 0 Å². The van der Waals surface area contributed by atoms with Gasteiger partial charge in [-0.05, 0) is 160 Å². The maximum absolute atomic E-state index is 13.0. The van der Waals surface area contributed by atoms with Gasteiger partial charge in [0.25, 0.3) is 0 Å². The normalized spacial score (nSPS) is 12.3. The summed E-state index contributed by atoms with van der Waals surface area (Å²) in [6, 6.07) is 10.2. The number of unbranched alkanes of at least 4 members (excludes halogenated alkanes) is 16. The average Bonchev–Trinajstić information content (AvgIpc) is 3.62. The van der Waals surface area contributed by atoms with Gasteiger partial charge >= 0.3 is 16.5 Å². The molecule has 0 fully saturated rings. The van der Waals surface area contributed by atoms with E-state index in [0.717, 1.165) is 102 Å². The first kappa shape index (κ1) is 66.9. The minimum Gasteiger partial charge on any atom is -0.663 e. The van der Waals surface area contributed by atoms with Crippen molar-refractivity contribution in [1.82, 2.24) is 0 Å². The van der Waals surface area contributed by atoms with Gasteiger partial charge in [-0.1, -0.05) is 186 Å². The third-order valence-electron chi connectivity index (χ3n) is 14.0. The van der Waals surface area contributed by atoms with E-state index in [1.165, 1.54) is 164 Å². The van der Waals surface area contributed by atoms with Gasteiger partial charge in [-0.2, -0.15) is 26.2 Å². The molecule has 0 spiro atoms. The molecule has 0 bridgehead atoms. The van der Waals surface area contributed by atoms with Gasteiger partial charge in [0.1, 0.15) is 0 Å². The van der Waals surface area contributed by atoms with Gasteiger partial charge in [-0.3, -0.25) is 0 Å². The number of benzene rings is 2. The first-order valence-corrected chi connectivity index (χ1v) is 29.8. The molecule has 4 nitrogen and oxygen atoms in total. The van der Waals surface area contributed by atoms with E-state index in [1.54, 1.807) is 38.1 Å². The largest absolute Gasteiger partial charge is 2.00 e. The zero-order valence-electron chi connectivity index (χ0n) is 47.9. The van der Waals surface area contributed by atoms with Crippen molar-refractivity contribution in [3.05, 3.63) is 96.1 Å². The molecule has 1 aliphatic heterocycles. The van der Waals surface area contributed by atoms with Gasteiger partial charge < -0.3 is 16.2 Å². The molecule has 2 aromatic carbocycles. The molecular formula is C64H112N4Ni. The molecule has 0 N–H and O–H groups in total. The monoisotopic (exact) mass is 995 g/mol. The van der Waals surface area contributed by atoms with Crippen LogP contribution in [0.1, 0.15) is 295 Å². The molecule has 0 radical (unpaired) electrons. The van der Waals surface area contributed by atoms with E-state index < -0.39 is 0 Å². The molecule has 1 aliphatic rings. The zero-order chi connectivity index (χ0) is 50.2. The van der Waals surface area contributed by atoms with Crippen molar-refractivity contribution in [3.8, 4) is 0 Å². The summed E-state index contributed by atoms with van der Waals surface area (Å²) >= 11 is 0. The molecule has 5 heteroatoms. The van der Waals surface area contributed by atoms with Crippen LogP contribution in [-0.4, -0.2) is 30.9 Å². The predicted octanol–water partition coefficient (Wildman–Crippen LogP) is 21.2. The molecule has 0 aliphatic carbocycles. The third-order valence-corrected chi connectivity index (χ3v) is 14.0. The number of hydrogen-bond acceptors (Lipinski definition) is 0. The van der Waals surface area contributed by atoms with Crippen molar-refractivity contribution in [2.45, 2.75) is 289 Å². The zero-order valence-corrected chi connectivity index (χ0v) is 48.9. The Kier molecular flexibility index (Phi) is 43.3. The molecule has 0 saturated heterocycles. The van der Waals surface area contributed by atoms with Crippen LogP contribution in [0.2, 0.25) is 0 Å². The van der Waals surface area contributed by atoms with Gasteiger partial charge in [0, 0.05) is 22.3 Å². The number of hydrogen-bond donors (Lipinski definition) is 0. The summed E-state index contributed by atoms with van der Waals surface area (Å²) in [5, 5.41) is 7.94.